The third-order valence-corrected chi connectivity index (χ3v) is 5.15. The van der Waals surface area contributed by atoms with Crippen LogP contribution in [0.4, 0.5) is 13.2 Å². The minimum atomic E-state index is -4.39. The van der Waals surface area contributed by atoms with Crippen molar-refractivity contribution in [3.8, 4) is 0 Å². The Morgan fingerprint density at radius 3 is 2.53 bits per heavy atom. The first-order valence-corrected chi connectivity index (χ1v) is 10.2. The molecule has 3 rings (SSSR count). The number of aromatic amines is 1. The zero-order valence-electron chi connectivity index (χ0n) is 15.8. The van der Waals surface area contributed by atoms with Gasteiger partial charge in [0.05, 0.1) is 17.4 Å². The number of thioether (sulfide) groups is 1. The molecule has 2 aromatic carbocycles. The largest absolute Gasteiger partial charge is 0.446 e. The molecule has 3 aromatic rings. The van der Waals surface area contributed by atoms with Gasteiger partial charge in [0.25, 0.3) is 11.5 Å². The van der Waals surface area contributed by atoms with E-state index in [9.17, 15) is 22.8 Å². The van der Waals surface area contributed by atoms with Crippen LogP contribution in [0.2, 0.25) is 5.02 Å². The summed E-state index contributed by atoms with van der Waals surface area (Å²) < 4.78 is 37.5. The SMILES string of the molecule is CCCN(Cc1nc2cc(Cl)ccc2c(=O)[nH]1)C(=O)c1ccc(SC(F)(F)F)cc1. The van der Waals surface area contributed by atoms with E-state index in [0.717, 1.165) is 0 Å². The number of fused-ring (bicyclic) bond motifs is 1. The number of amides is 1. The molecule has 0 aliphatic carbocycles. The standard InChI is InChI=1S/C20H17ClF3N3O2S/c1-2-9-27(19(29)12-3-6-14(7-4-12)30-20(22,23)24)11-17-25-16-10-13(21)5-8-15(16)18(28)26-17/h3-8,10H,2,9,11H2,1H3,(H,25,26,28). The van der Waals surface area contributed by atoms with Crippen LogP contribution in [0, 0.1) is 0 Å². The second-order valence-corrected chi connectivity index (χ2v) is 8.05. The number of nitrogens with one attached hydrogen (secondary N) is 1. The highest BCUT2D eigenvalue weighted by atomic mass is 35.5. The van der Waals surface area contributed by atoms with Gasteiger partial charge in [-0.25, -0.2) is 4.98 Å². The Balaban J connectivity index is 1.84. The first-order chi connectivity index (χ1) is 14.2. The van der Waals surface area contributed by atoms with Gasteiger partial charge in [-0.3, -0.25) is 9.59 Å². The molecule has 0 saturated carbocycles. The third-order valence-electron chi connectivity index (χ3n) is 4.17. The van der Waals surface area contributed by atoms with E-state index in [1.54, 1.807) is 18.2 Å². The Morgan fingerprint density at radius 2 is 1.90 bits per heavy atom. The minimum absolute atomic E-state index is 0.00139. The van der Waals surface area contributed by atoms with Crippen LogP contribution in [-0.4, -0.2) is 32.8 Å². The number of hydrogen-bond donors (Lipinski definition) is 1. The van der Waals surface area contributed by atoms with Crippen molar-refractivity contribution in [2.45, 2.75) is 30.3 Å². The summed E-state index contributed by atoms with van der Waals surface area (Å²) in [5.41, 5.74) is -4.07. The molecule has 1 heterocycles. The summed E-state index contributed by atoms with van der Waals surface area (Å²) in [6, 6.07) is 9.96. The van der Waals surface area contributed by atoms with Crippen LogP contribution in [-0.2, 0) is 6.54 Å². The molecule has 1 amide bonds. The lowest BCUT2D eigenvalue weighted by Gasteiger charge is -2.22. The molecular weight excluding hydrogens is 439 g/mol. The summed E-state index contributed by atoms with van der Waals surface area (Å²) in [6.07, 6.45) is 0.650. The molecule has 0 atom stereocenters. The highest BCUT2D eigenvalue weighted by molar-refractivity contribution is 8.00. The summed E-state index contributed by atoms with van der Waals surface area (Å²) in [4.78, 5) is 33.7. The van der Waals surface area contributed by atoms with Gasteiger partial charge < -0.3 is 9.88 Å². The molecule has 0 radical (unpaired) electrons. The number of halogens is 4. The molecule has 30 heavy (non-hydrogen) atoms. The Bertz CT molecular complexity index is 1120. The van der Waals surface area contributed by atoms with Crippen molar-refractivity contribution in [3.63, 3.8) is 0 Å². The molecule has 10 heteroatoms. The zero-order valence-corrected chi connectivity index (χ0v) is 17.4. The Morgan fingerprint density at radius 1 is 1.20 bits per heavy atom. The smallest absolute Gasteiger partial charge is 0.331 e. The lowest BCUT2D eigenvalue weighted by molar-refractivity contribution is -0.0328. The number of benzene rings is 2. The van der Waals surface area contributed by atoms with Crippen LogP contribution in [0.25, 0.3) is 10.9 Å². The van der Waals surface area contributed by atoms with Gasteiger partial charge in [-0.05, 0) is 60.6 Å². The number of H-pyrrole nitrogens is 1. The maximum absolute atomic E-state index is 12.9. The fraction of sp³-hybridized carbons (Fsp3) is 0.250. The Hall–Kier alpha value is -2.52. The number of alkyl halides is 3. The monoisotopic (exact) mass is 455 g/mol. The molecule has 0 saturated heterocycles. The summed E-state index contributed by atoms with van der Waals surface area (Å²) in [6.45, 7) is 2.32. The van der Waals surface area contributed by atoms with E-state index in [-0.39, 0.29) is 40.2 Å². The number of hydrogen-bond acceptors (Lipinski definition) is 4. The fourth-order valence-corrected chi connectivity index (χ4v) is 3.63. The summed E-state index contributed by atoms with van der Waals surface area (Å²) in [5, 5.41) is 0.819. The maximum Gasteiger partial charge on any atom is 0.446 e. The van der Waals surface area contributed by atoms with E-state index < -0.39 is 5.51 Å². The zero-order chi connectivity index (χ0) is 21.9. The van der Waals surface area contributed by atoms with Crippen molar-refractivity contribution in [2.24, 2.45) is 0 Å². The predicted molar refractivity (Wildman–Crippen MR) is 111 cm³/mol. The number of carbonyl (C=O) groups excluding carboxylic acids is 1. The normalized spacial score (nSPS) is 11.6. The maximum atomic E-state index is 12.9. The number of rotatable bonds is 6. The van der Waals surface area contributed by atoms with Gasteiger partial charge in [-0.1, -0.05) is 18.5 Å². The quantitative estimate of drug-likeness (QED) is 0.516. The van der Waals surface area contributed by atoms with Gasteiger partial charge in [0.15, 0.2) is 0 Å². The molecule has 0 bridgehead atoms. The first kappa shape index (κ1) is 22.2. The van der Waals surface area contributed by atoms with E-state index in [2.05, 4.69) is 9.97 Å². The minimum Gasteiger partial charge on any atom is -0.331 e. The van der Waals surface area contributed by atoms with Crippen molar-refractivity contribution in [1.29, 1.82) is 0 Å². The van der Waals surface area contributed by atoms with Gasteiger partial charge in [0.2, 0.25) is 0 Å². The molecular formula is C20H17ClF3N3O2S. The Kier molecular flexibility index (Phi) is 6.72. The van der Waals surface area contributed by atoms with Crippen molar-refractivity contribution in [3.05, 3.63) is 69.2 Å². The van der Waals surface area contributed by atoms with Gasteiger partial charge in [-0.15, -0.1) is 0 Å². The van der Waals surface area contributed by atoms with Crippen LogP contribution in [0.3, 0.4) is 0 Å². The second kappa shape index (κ2) is 9.09. The highest BCUT2D eigenvalue weighted by Gasteiger charge is 2.29. The molecule has 1 N–H and O–H groups in total. The number of nitrogens with zero attached hydrogens (tertiary/aromatic N) is 2. The van der Waals surface area contributed by atoms with Crippen molar-refractivity contribution in [1.82, 2.24) is 14.9 Å². The summed E-state index contributed by atoms with van der Waals surface area (Å²) >= 11 is 5.73. The molecule has 1 aromatic heterocycles. The molecule has 5 nitrogen and oxygen atoms in total. The van der Waals surface area contributed by atoms with Gasteiger partial charge in [0.1, 0.15) is 5.82 Å². The van der Waals surface area contributed by atoms with Crippen LogP contribution in [0.5, 0.6) is 0 Å². The second-order valence-electron chi connectivity index (χ2n) is 6.47. The molecule has 158 valence electrons. The molecule has 0 fully saturated rings. The van der Waals surface area contributed by atoms with Gasteiger partial charge in [-0.2, -0.15) is 13.2 Å². The van der Waals surface area contributed by atoms with E-state index in [4.69, 9.17) is 11.6 Å². The first-order valence-electron chi connectivity index (χ1n) is 9.00. The number of carbonyl (C=O) groups is 1. The predicted octanol–water partition coefficient (Wildman–Crippen LogP) is 5.24. The summed E-state index contributed by atoms with van der Waals surface area (Å²) in [7, 11) is 0. The number of aromatic nitrogens is 2. The van der Waals surface area contributed by atoms with Crippen LogP contribution >= 0.6 is 23.4 Å². The highest BCUT2D eigenvalue weighted by Crippen LogP contribution is 2.36. The fourth-order valence-electron chi connectivity index (χ4n) is 2.92. The molecule has 0 spiro atoms. The average molecular weight is 456 g/mol. The van der Waals surface area contributed by atoms with Crippen molar-refractivity contribution >= 4 is 40.2 Å². The van der Waals surface area contributed by atoms with Crippen LogP contribution < -0.4 is 5.56 Å². The lowest BCUT2D eigenvalue weighted by atomic mass is 10.2. The average Bonchev–Trinajstić information content (AvgIpc) is 2.66. The summed E-state index contributed by atoms with van der Waals surface area (Å²) in [5.74, 6) is -0.0740. The molecule has 0 unspecified atom stereocenters. The van der Waals surface area contributed by atoms with Crippen molar-refractivity contribution < 1.29 is 18.0 Å². The van der Waals surface area contributed by atoms with Crippen LogP contribution in [0.15, 0.2) is 52.2 Å². The van der Waals surface area contributed by atoms with Crippen LogP contribution in [0.1, 0.15) is 29.5 Å². The molecule has 0 aliphatic rings. The lowest BCUT2D eigenvalue weighted by Crippen LogP contribution is -2.32. The van der Waals surface area contributed by atoms with E-state index in [1.807, 2.05) is 6.92 Å². The molecule has 0 aliphatic heterocycles. The van der Waals surface area contributed by atoms with E-state index in [0.29, 0.717) is 34.7 Å². The van der Waals surface area contributed by atoms with Gasteiger partial charge >= 0.3 is 5.51 Å². The van der Waals surface area contributed by atoms with Gasteiger partial charge in [0, 0.05) is 22.0 Å². The third kappa shape index (κ3) is 5.54. The van der Waals surface area contributed by atoms with Crippen molar-refractivity contribution in [2.75, 3.05) is 6.54 Å². The Labute approximate surface area is 179 Å². The van der Waals surface area contributed by atoms with E-state index >= 15 is 0 Å². The van der Waals surface area contributed by atoms with E-state index in [1.165, 1.54) is 29.2 Å². The topological polar surface area (TPSA) is 66.1 Å².